The first-order valence-electron chi connectivity index (χ1n) is 10.4. The molecule has 0 radical (unpaired) electrons. The van der Waals surface area contributed by atoms with E-state index in [9.17, 15) is 28.1 Å². The lowest BCUT2D eigenvalue weighted by molar-refractivity contribution is -0.385. The Labute approximate surface area is 201 Å². The van der Waals surface area contributed by atoms with Crippen molar-refractivity contribution >= 4 is 38.9 Å². The van der Waals surface area contributed by atoms with Crippen LogP contribution in [0.3, 0.4) is 0 Å². The second-order valence-corrected chi connectivity index (χ2v) is 8.81. The monoisotopic (exact) mass is 498 g/mol. The number of nitrogens with zero attached hydrogens (tertiary/aromatic N) is 1. The van der Waals surface area contributed by atoms with Crippen LogP contribution in [-0.2, 0) is 14.8 Å². The van der Waals surface area contributed by atoms with Crippen LogP contribution in [0.1, 0.15) is 17.3 Å². The van der Waals surface area contributed by atoms with Crippen molar-refractivity contribution in [3.63, 3.8) is 0 Å². The van der Waals surface area contributed by atoms with Crippen molar-refractivity contribution in [3.8, 4) is 5.75 Å². The van der Waals surface area contributed by atoms with Gasteiger partial charge < -0.3 is 15.4 Å². The van der Waals surface area contributed by atoms with Crippen LogP contribution in [0, 0.1) is 10.1 Å². The third-order valence-electron chi connectivity index (χ3n) is 4.61. The number of carbonyl (C=O) groups is 2. The largest absolute Gasteiger partial charge is 0.484 e. The lowest BCUT2D eigenvalue weighted by Crippen LogP contribution is -2.28. The molecule has 0 saturated heterocycles. The summed E-state index contributed by atoms with van der Waals surface area (Å²) >= 11 is 0. The molecule has 35 heavy (non-hydrogen) atoms. The van der Waals surface area contributed by atoms with Crippen LogP contribution in [0.5, 0.6) is 5.75 Å². The fourth-order valence-corrected chi connectivity index (χ4v) is 4.09. The summed E-state index contributed by atoms with van der Waals surface area (Å²) in [6, 6.07) is 16.8. The number of nitro benzene ring substituents is 1. The highest BCUT2D eigenvalue weighted by molar-refractivity contribution is 7.92. The van der Waals surface area contributed by atoms with Gasteiger partial charge in [-0.25, -0.2) is 8.42 Å². The number of anilines is 2. The number of ether oxygens (including phenoxy) is 1. The molecule has 0 fully saturated rings. The molecule has 3 aromatic rings. The van der Waals surface area contributed by atoms with Crippen molar-refractivity contribution in [2.24, 2.45) is 0 Å². The van der Waals surface area contributed by atoms with Gasteiger partial charge in [-0.1, -0.05) is 18.2 Å². The highest BCUT2D eigenvalue weighted by Crippen LogP contribution is 2.24. The summed E-state index contributed by atoms with van der Waals surface area (Å²) in [6.07, 6.45) is 0. The molecule has 0 aromatic heterocycles. The number of para-hydroxylation sites is 1. The lowest BCUT2D eigenvalue weighted by atomic mass is 10.1. The maximum atomic E-state index is 12.9. The summed E-state index contributed by atoms with van der Waals surface area (Å²) in [7, 11) is -4.21. The predicted molar refractivity (Wildman–Crippen MR) is 129 cm³/mol. The van der Waals surface area contributed by atoms with Crippen LogP contribution < -0.4 is 20.1 Å². The molecule has 0 spiro atoms. The fraction of sp³-hybridized carbons (Fsp3) is 0.130. The van der Waals surface area contributed by atoms with Crippen LogP contribution in [-0.4, -0.2) is 38.3 Å². The first-order valence-corrected chi connectivity index (χ1v) is 11.8. The molecule has 0 aliphatic heterocycles. The number of nitro groups is 1. The van der Waals surface area contributed by atoms with E-state index in [0.717, 1.165) is 6.07 Å². The molecule has 0 heterocycles. The number of sulfonamides is 1. The van der Waals surface area contributed by atoms with Gasteiger partial charge in [0.15, 0.2) is 6.61 Å². The molecule has 0 bridgehead atoms. The van der Waals surface area contributed by atoms with Gasteiger partial charge in [-0.15, -0.1) is 0 Å². The van der Waals surface area contributed by atoms with E-state index in [1.165, 1.54) is 30.3 Å². The van der Waals surface area contributed by atoms with Crippen LogP contribution in [0.15, 0.2) is 77.7 Å². The van der Waals surface area contributed by atoms with Crippen molar-refractivity contribution in [2.75, 3.05) is 23.2 Å². The maximum Gasteiger partial charge on any atom is 0.270 e. The number of likely N-dealkylation sites (N-methyl/N-ethyl adjacent to an activating group) is 1. The molecule has 11 nitrogen and oxygen atoms in total. The Bertz CT molecular complexity index is 1340. The van der Waals surface area contributed by atoms with Gasteiger partial charge in [0.1, 0.15) is 5.75 Å². The number of non-ortho nitro benzene ring substituents is 1. The van der Waals surface area contributed by atoms with Gasteiger partial charge in [0.25, 0.3) is 27.5 Å². The first-order chi connectivity index (χ1) is 16.7. The molecule has 0 unspecified atom stereocenters. The molecule has 0 atom stereocenters. The van der Waals surface area contributed by atoms with Crippen molar-refractivity contribution < 1.29 is 27.7 Å². The number of amides is 2. The molecular formula is C23H22N4O7S. The molecular weight excluding hydrogens is 476 g/mol. The minimum atomic E-state index is -4.21. The third-order valence-corrected chi connectivity index (χ3v) is 5.97. The zero-order valence-electron chi connectivity index (χ0n) is 18.6. The summed E-state index contributed by atoms with van der Waals surface area (Å²) in [5, 5.41) is 16.3. The molecule has 2 amide bonds. The van der Waals surface area contributed by atoms with Gasteiger partial charge in [-0.05, 0) is 49.4 Å². The quantitative estimate of drug-likeness (QED) is 0.286. The highest BCUT2D eigenvalue weighted by atomic mass is 32.2. The van der Waals surface area contributed by atoms with E-state index in [1.54, 1.807) is 43.3 Å². The average Bonchev–Trinajstić information content (AvgIpc) is 2.84. The molecule has 12 heteroatoms. The van der Waals surface area contributed by atoms with Crippen molar-refractivity contribution in [2.45, 2.75) is 11.8 Å². The summed E-state index contributed by atoms with van der Waals surface area (Å²) in [6.45, 7) is 2.15. The summed E-state index contributed by atoms with van der Waals surface area (Å²) in [5.74, 6) is -0.410. The van der Waals surface area contributed by atoms with Crippen LogP contribution in [0.2, 0.25) is 0 Å². The van der Waals surface area contributed by atoms with E-state index in [1.807, 2.05) is 0 Å². The van der Waals surface area contributed by atoms with E-state index in [2.05, 4.69) is 15.4 Å². The van der Waals surface area contributed by atoms with Crippen molar-refractivity contribution in [1.82, 2.24) is 5.32 Å². The van der Waals surface area contributed by atoms with Gasteiger partial charge in [0.2, 0.25) is 0 Å². The van der Waals surface area contributed by atoms with E-state index in [4.69, 9.17) is 4.74 Å². The Morgan fingerprint density at radius 2 is 1.71 bits per heavy atom. The van der Waals surface area contributed by atoms with Crippen molar-refractivity contribution in [1.29, 1.82) is 0 Å². The number of nitrogens with one attached hydrogen (secondary N) is 3. The second kappa shape index (κ2) is 11.1. The summed E-state index contributed by atoms with van der Waals surface area (Å²) in [5.41, 5.74) is 0.0745. The van der Waals surface area contributed by atoms with Crippen molar-refractivity contribution in [3.05, 3.63) is 88.5 Å². The Morgan fingerprint density at radius 1 is 1.00 bits per heavy atom. The standard InChI is InChI=1S/C23H22N4O7S/c1-2-24-22(28)15-34-18-12-10-16(11-13-18)25-23(29)20-8-3-4-9-21(20)26-35(32,33)19-7-5-6-17(14-19)27(30)31/h3-14,26H,2,15H2,1H3,(H,24,28)(H,25,29). The maximum absolute atomic E-state index is 12.9. The summed E-state index contributed by atoms with van der Waals surface area (Å²) < 4.78 is 33.3. The van der Waals surface area contributed by atoms with E-state index < -0.39 is 20.9 Å². The van der Waals surface area contributed by atoms with Gasteiger partial charge in [0.05, 0.1) is 21.1 Å². The minimum absolute atomic E-state index is 0.00149. The molecule has 0 saturated carbocycles. The predicted octanol–water partition coefficient (Wildman–Crippen LogP) is 3.16. The number of benzene rings is 3. The number of carbonyl (C=O) groups excluding carboxylic acids is 2. The van der Waals surface area contributed by atoms with Gasteiger partial charge in [-0.2, -0.15) is 0 Å². The van der Waals surface area contributed by atoms with Gasteiger partial charge >= 0.3 is 0 Å². The zero-order valence-corrected chi connectivity index (χ0v) is 19.4. The number of hydrogen-bond acceptors (Lipinski definition) is 7. The van der Waals surface area contributed by atoms with E-state index >= 15 is 0 Å². The van der Waals surface area contributed by atoms with Gasteiger partial charge in [0, 0.05) is 24.4 Å². The molecule has 3 N–H and O–H groups in total. The zero-order chi connectivity index (χ0) is 25.4. The Morgan fingerprint density at radius 3 is 2.40 bits per heavy atom. The minimum Gasteiger partial charge on any atom is -0.484 e. The first kappa shape index (κ1) is 25.2. The average molecular weight is 499 g/mol. The van der Waals surface area contributed by atoms with Crippen LogP contribution >= 0.6 is 0 Å². The number of rotatable bonds is 10. The second-order valence-electron chi connectivity index (χ2n) is 7.13. The van der Waals surface area contributed by atoms with Crippen LogP contribution in [0.4, 0.5) is 17.1 Å². The van der Waals surface area contributed by atoms with E-state index in [0.29, 0.717) is 18.0 Å². The number of hydrogen-bond donors (Lipinski definition) is 3. The Kier molecular flexibility index (Phi) is 8.00. The topological polar surface area (TPSA) is 157 Å². The molecule has 0 aliphatic rings. The fourth-order valence-electron chi connectivity index (χ4n) is 2.97. The third kappa shape index (κ3) is 6.77. The van der Waals surface area contributed by atoms with Gasteiger partial charge in [-0.3, -0.25) is 24.4 Å². The normalized spacial score (nSPS) is 10.8. The highest BCUT2D eigenvalue weighted by Gasteiger charge is 2.21. The smallest absolute Gasteiger partial charge is 0.270 e. The molecule has 3 rings (SSSR count). The Balaban J connectivity index is 1.73. The molecule has 3 aromatic carbocycles. The molecule has 182 valence electrons. The Hall–Kier alpha value is -4.45. The summed E-state index contributed by atoms with van der Waals surface area (Å²) in [4.78, 5) is 34.3. The lowest BCUT2D eigenvalue weighted by Gasteiger charge is -2.13. The SMILES string of the molecule is CCNC(=O)COc1ccc(NC(=O)c2ccccc2NS(=O)(=O)c2cccc([N+](=O)[O-])c2)cc1. The van der Waals surface area contributed by atoms with Crippen LogP contribution in [0.25, 0.3) is 0 Å². The van der Waals surface area contributed by atoms with E-state index in [-0.39, 0.29) is 34.3 Å². The molecule has 0 aliphatic carbocycles.